The molecule has 1 aliphatic heterocycles. The van der Waals surface area contributed by atoms with Crippen molar-refractivity contribution in [2.75, 3.05) is 19.6 Å². The van der Waals surface area contributed by atoms with E-state index in [0.29, 0.717) is 13.1 Å². The predicted octanol–water partition coefficient (Wildman–Crippen LogP) is -0.177. The molecule has 1 spiro atoms. The molecule has 2 aliphatic rings. The molecule has 2 heterocycles. The van der Waals surface area contributed by atoms with Gasteiger partial charge in [-0.1, -0.05) is 19.3 Å². The lowest BCUT2D eigenvalue weighted by Gasteiger charge is -2.37. The van der Waals surface area contributed by atoms with Crippen molar-refractivity contribution in [1.82, 2.24) is 20.2 Å². The van der Waals surface area contributed by atoms with Gasteiger partial charge in [0.25, 0.3) is 5.56 Å². The molecule has 7 nitrogen and oxygen atoms in total. The van der Waals surface area contributed by atoms with Crippen LogP contribution in [0.15, 0.2) is 21.9 Å². The van der Waals surface area contributed by atoms with Crippen molar-refractivity contribution in [1.29, 1.82) is 0 Å². The van der Waals surface area contributed by atoms with E-state index >= 15 is 0 Å². The van der Waals surface area contributed by atoms with E-state index in [1.54, 1.807) is 0 Å². The summed E-state index contributed by atoms with van der Waals surface area (Å²) >= 11 is 0. The molecule has 0 bridgehead atoms. The van der Waals surface area contributed by atoms with Crippen molar-refractivity contribution in [3.05, 3.63) is 33.1 Å². The second-order valence-electron chi connectivity index (χ2n) is 6.70. The van der Waals surface area contributed by atoms with Crippen LogP contribution in [0.3, 0.4) is 0 Å². The molecule has 3 N–H and O–H groups in total. The average Bonchev–Trinajstić information content (AvgIpc) is 2.93. The van der Waals surface area contributed by atoms with Gasteiger partial charge in [0.05, 0.1) is 5.92 Å². The molecule has 23 heavy (non-hydrogen) atoms. The Labute approximate surface area is 134 Å². The third-order valence-corrected chi connectivity index (χ3v) is 5.28. The van der Waals surface area contributed by atoms with Crippen molar-refractivity contribution in [2.24, 2.45) is 11.3 Å². The summed E-state index contributed by atoms with van der Waals surface area (Å²) in [6, 6.07) is 1.31. The molecule has 7 heteroatoms. The first-order chi connectivity index (χ1) is 11.1. The van der Waals surface area contributed by atoms with Crippen LogP contribution in [0, 0.1) is 11.3 Å². The van der Waals surface area contributed by atoms with E-state index in [0.717, 1.165) is 25.9 Å². The lowest BCUT2D eigenvalue weighted by atomic mass is 9.67. The van der Waals surface area contributed by atoms with E-state index in [4.69, 9.17) is 0 Å². The number of amides is 1. The molecule has 1 aliphatic carbocycles. The standard InChI is InChI=1S/C16H24N4O3/c21-13-4-8-20(15(23)19-13)9-7-18-14(22)12-10-17-11-16(12)5-2-1-3-6-16/h4,8,12,17H,1-3,5-7,9-11H2,(H,18,22)(H,19,21,23). The summed E-state index contributed by atoms with van der Waals surface area (Å²) < 4.78 is 1.39. The summed E-state index contributed by atoms with van der Waals surface area (Å²) in [4.78, 5) is 37.4. The molecule has 1 saturated heterocycles. The van der Waals surface area contributed by atoms with Gasteiger partial charge in [0, 0.05) is 38.4 Å². The van der Waals surface area contributed by atoms with Gasteiger partial charge in [-0.15, -0.1) is 0 Å². The number of rotatable bonds is 4. The number of carbonyl (C=O) groups excluding carboxylic acids is 1. The van der Waals surface area contributed by atoms with Crippen LogP contribution in [0.1, 0.15) is 32.1 Å². The summed E-state index contributed by atoms with van der Waals surface area (Å²) in [6.45, 7) is 2.42. The molecule has 126 valence electrons. The number of H-pyrrole nitrogens is 1. The Morgan fingerprint density at radius 2 is 2.09 bits per heavy atom. The van der Waals surface area contributed by atoms with Crippen molar-refractivity contribution >= 4 is 5.91 Å². The Kier molecular flexibility index (Phi) is 4.66. The molecule has 1 atom stereocenters. The number of hydrogen-bond acceptors (Lipinski definition) is 4. The van der Waals surface area contributed by atoms with Crippen molar-refractivity contribution in [3.8, 4) is 0 Å². The number of aromatic nitrogens is 2. The number of aromatic amines is 1. The highest BCUT2D eigenvalue weighted by atomic mass is 16.2. The van der Waals surface area contributed by atoms with E-state index in [1.807, 2.05) is 0 Å². The van der Waals surface area contributed by atoms with Gasteiger partial charge in [-0.3, -0.25) is 19.1 Å². The van der Waals surface area contributed by atoms with E-state index in [1.165, 1.54) is 36.1 Å². The Hall–Kier alpha value is -1.89. The van der Waals surface area contributed by atoms with Gasteiger partial charge in [-0.25, -0.2) is 4.79 Å². The Morgan fingerprint density at radius 3 is 2.83 bits per heavy atom. The fourth-order valence-corrected chi connectivity index (χ4v) is 4.00. The van der Waals surface area contributed by atoms with Crippen LogP contribution in [-0.4, -0.2) is 35.1 Å². The van der Waals surface area contributed by atoms with Crippen LogP contribution in [0.5, 0.6) is 0 Å². The zero-order valence-corrected chi connectivity index (χ0v) is 13.3. The van der Waals surface area contributed by atoms with E-state index in [9.17, 15) is 14.4 Å². The summed E-state index contributed by atoms with van der Waals surface area (Å²) in [5.41, 5.74) is -0.735. The van der Waals surface area contributed by atoms with Gasteiger partial charge in [0.15, 0.2) is 0 Å². The quantitative estimate of drug-likeness (QED) is 0.717. The summed E-state index contributed by atoms with van der Waals surface area (Å²) in [5, 5.41) is 6.34. The molecular formula is C16H24N4O3. The first kappa shape index (κ1) is 16.0. The minimum absolute atomic E-state index is 0.0232. The summed E-state index contributed by atoms with van der Waals surface area (Å²) in [6.07, 6.45) is 7.38. The van der Waals surface area contributed by atoms with E-state index in [-0.39, 0.29) is 17.2 Å². The molecule has 0 radical (unpaired) electrons. The number of hydrogen-bond donors (Lipinski definition) is 3. The molecule has 1 aromatic heterocycles. The van der Waals surface area contributed by atoms with Crippen molar-refractivity contribution in [2.45, 2.75) is 38.6 Å². The summed E-state index contributed by atoms with van der Waals surface area (Å²) in [5.74, 6) is 0.101. The van der Waals surface area contributed by atoms with Gasteiger partial charge in [-0.2, -0.15) is 0 Å². The van der Waals surface area contributed by atoms with Gasteiger partial charge in [0.2, 0.25) is 5.91 Å². The van der Waals surface area contributed by atoms with Crippen LogP contribution < -0.4 is 21.9 Å². The topological polar surface area (TPSA) is 96.0 Å². The fraction of sp³-hybridized carbons (Fsp3) is 0.688. The zero-order valence-electron chi connectivity index (χ0n) is 13.3. The maximum atomic E-state index is 12.6. The predicted molar refractivity (Wildman–Crippen MR) is 86.2 cm³/mol. The SMILES string of the molecule is O=C(NCCn1ccc(=O)[nH]c1=O)C1CNCC12CCCCC2. The molecule has 2 fully saturated rings. The maximum absolute atomic E-state index is 12.6. The smallest absolute Gasteiger partial charge is 0.328 e. The Bertz CT molecular complexity index is 672. The lowest BCUT2D eigenvalue weighted by Crippen LogP contribution is -2.43. The number of nitrogens with one attached hydrogen (secondary N) is 3. The normalized spacial score (nSPS) is 23.0. The molecule has 1 saturated carbocycles. The van der Waals surface area contributed by atoms with Crippen LogP contribution in [0.25, 0.3) is 0 Å². The molecule has 0 aromatic carbocycles. The maximum Gasteiger partial charge on any atom is 0.328 e. The second kappa shape index (κ2) is 6.70. The molecule has 1 aromatic rings. The van der Waals surface area contributed by atoms with Gasteiger partial charge in [-0.05, 0) is 18.3 Å². The van der Waals surface area contributed by atoms with Crippen molar-refractivity contribution in [3.63, 3.8) is 0 Å². The monoisotopic (exact) mass is 320 g/mol. The van der Waals surface area contributed by atoms with Gasteiger partial charge >= 0.3 is 5.69 Å². The largest absolute Gasteiger partial charge is 0.354 e. The fourth-order valence-electron chi connectivity index (χ4n) is 4.00. The van der Waals surface area contributed by atoms with Gasteiger partial charge < -0.3 is 10.6 Å². The number of nitrogens with zero attached hydrogens (tertiary/aromatic N) is 1. The van der Waals surface area contributed by atoms with E-state index < -0.39 is 11.2 Å². The number of carbonyl (C=O) groups is 1. The van der Waals surface area contributed by atoms with Crippen molar-refractivity contribution < 1.29 is 4.79 Å². The highest BCUT2D eigenvalue weighted by Crippen LogP contribution is 2.44. The van der Waals surface area contributed by atoms with Gasteiger partial charge in [0.1, 0.15) is 0 Å². The van der Waals surface area contributed by atoms with Crippen LogP contribution in [0.2, 0.25) is 0 Å². The lowest BCUT2D eigenvalue weighted by molar-refractivity contribution is -0.128. The molecule has 1 unspecified atom stereocenters. The minimum atomic E-state index is -0.446. The summed E-state index contributed by atoms with van der Waals surface area (Å²) in [7, 11) is 0. The third-order valence-electron chi connectivity index (χ3n) is 5.28. The van der Waals surface area contributed by atoms with Crippen LogP contribution in [0.4, 0.5) is 0 Å². The highest BCUT2D eigenvalue weighted by molar-refractivity contribution is 5.80. The van der Waals surface area contributed by atoms with E-state index in [2.05, 4.69) is 15.6 Å². The first-order valence-corrected chi connectivity index (χ1v) is 8.39. The zero-order chi connectivity index (χ0) is 16.3. The van der Waals surface area contributed by atoms with Crippen LogP contribution in [-0.2, 0) is 11.3 Å². The highest BCUT2D eigenvalue weighted by Gasteiger charge is 2.46. The Morgan fingerprint density at radius 1 is 1.30 bits per heavy atom. The first-order valence-electron chi connectivity index (χ1n) is 8.39. The second-order valence-corrected chi connectivity index (χ2v) is 6.70. The Balaban J connectivity index is 1.56. The third kappa shape index (κ3) is 3.39. The average molecular weight is 320 g/mol. The minimum Gasteiger partial charge on any atom is -0.354 e. The molecule has 1 amide bonds. The van der Waals surface area contributed by atoms with Crippen LogP contribution >= 0.6 is 0 Å². The molecular weight excluding hydrogens is 296 g/mol. The molecule has 3 rings (SSSR count).